The van der Waals surface area contributed by atoms with Crippen molar-refractivity contribution < 1.29 is 15.3 Å². The van der Waals surface area contributed by atoms with E-state index in [4.69, 9.17) is 0 Å². The van der Waals surface area contributed by atoms with Crippen LogP contribution in [-0.2, 0) is 0 Å². The summed E-state index contributed by atoms with van der Waals surface area (Å²) < 4.78 is 0. The van der Waals surface area contributed by atoms with Crippen LogP contribution in [0, 0.1) is 0 Å². The normalized spacial score (nSPS) is 25.7. The van der Waals surface area contributed by atoms with E-state index in [2.05, 4.69) is 0 Å². The van der Waals surface area contributed by atoms with Gasteiger partial charge in [-0.1, -0.05) is 24.3 Å². The van der Waals surface area contributed by atoms with Crippen LogP contribution in [0.5, 0.6) is 5.75 Å². The minimum absolute atomic E-state index is 0.125. The number of aliphatic hydroxyl groups excluding tert-OH is 2. The molecule has 0 fully saturated rings. The van der Waals surface area contributed by atoms with Gasteiger partial charge in [0.05, 0.1) is 0 Å². The van der Waals surface area contributed by atoms with Gasteiger partial charge in [0, 0.05) is 5.56 Å². The Morgan fingerprint density at radius 2 is 1.92 bits per heavy atom. The quantitative estimate of drug-likeness (QED) is 0.551. The molecule has 0 saturated heterocycles. The van der Waals surface area contributed by atoms with E-state index >= 15 is 0 Å². The summed E-state index contributed by atoms with van der Waals surface area (Å²) in [6, 6.07) is 4.88. The second-order valence-corrected chi connectivity index (χ2v) is 3.07. The molecule has 0 aliphatic heterocycles. The minimum Gasteiger partial charge on any atom is -0.507 e. The molecule has 3 nitrogen and oxygen atoms in total. The van der Waals surface area contributed by atoms with Crippen molar-refractivity contribution in [2.45, 2.75) is 12.2 Å². The van der Waals surface area contributed by atoms with Crippen LogP contribution in [0.3, 0.4) is 0 Å². The van der Waals surface area contributed by atoms with Crippen molar-refractivity contribution in [2.24, 2.45) is 0 Å². The molecule has 0 unspecified atom stereocenters. The number of hydrogen-bond acceptors (Lipinski definition) is 3. The SMILES string of the molecule is Oc1cccc2c1C=C[C@H](O)[C@H]2O. The monoisotopic (exact) mass is 178 g/mol. The average molecular weight is 178 g/mol. The number of rotatable bonds is 0. The summed E-state index contributed by atoms with van der Waals surface area (Å²) in [5, 5.41) is 28.3. The van der Waals surface area contributed by atoms with E-state index < -0.39 is 12.2 Å². The van der Waals surface area contributed by atoms with Crippen molar-refractivity contribution in [3.05, 3.63) is 35.4 Å². The molecule has 1 aromatic rings. The van der Waals surface area contributed by atoms with E-state index in [1.165, 1.54) is 6.08 Å². The average Bonchev–Trinajstić information content (AvgIpc) is 2.12. The lowest BCUT2D eigenvalue weighted by molar-refractivity contribution is 0.0468. The molecule has 1 aromatic carbocycles. The van der Waals surface area contributed by atoms with E-state index in [1.54, 1.807) is 24.3 Å². The van der Waals surface area contributed by atoms with Gasteiger partial charge in [0.1, 0.15) is 18.0 Å². The van der Waals surface area contributed by atoms with Gasteiger partial charge in [0.25, 0.3) is 0 Å². The highest BCUT2D eigenvalue weighted by molar-refractivity contribution is 5.64. The molecule has 0 amide bonds. The second-order valence-electron chi connectivity index (χ2n) is 3.07. The van der Waals surface area contributed by atoms with E-state index in [0.717, 1.165) is 0 Å². The van der Waals surface area contributed by atoms with Gasteiger partial charge in [-0.25, -0.2) is 0 Å². The molecule has 0 heterocycles. The molecule has 0 spiro atoms. The van der Waals surface area contributed by atoms with Crippen molar-refractivity contribution in [3.63, 3.8) is 0 Å². The Hall–Kier alpha value is -1.32. The highest BCUT2D eigenvalue weighted by Gasteiger charge is 2.23. The molecule has 1 aliphatic carbocycles. The Bertz CT molecular complexity index is 357. The third-order valence-corrected chi connectivity index (χ3v) is 2.22. The zero-order chi connectivity index (χ0) is 9.42. The summed E-state index contributed by atoms with van der Waals surface area (Å²) in [7, 11) is 0. The smallest absolute Gasteiger partial charge is 0.123 e. The third kappa shape index (κ3) is 1.22. The fourth-order valence-corrected chi connectivity index (χ4v) is 1.49. The summed E-state index contributed by atoms with van der Waals surface area (Å²) in [5.41, 5.74) is 1.15. The third-order valence-electron chi connectivity index (χ3n) is 2.22. The first-order valence-corrected chi connectivity index (χ1v) is 4.06. The van der Waals surface area contributed by atoms with Crippen molar-refractivity contribution in [1.29, 1.82) is 0 Å². The van der Waals surface area contributed by atoms with E-state index in [0.29, 0.717) is 11.1 Å². The minimum atomic E-state index is -0.938. The highest BCUT2D eigenvalue weighted by Crippen LogP contribution is 2.32. The molecular weight excluding hydrogens is 168 g/mol. The number of phenolic OH excluding ortho intramolecular Hbond substituents is 1. The molecule has 0 saturated carbocycles. The number of fused-ring (bicyclic) bond motifs is 1. The molecule has 68 valence electrons. The Morgan fingerprint density at radius 1 is 1.15 bits per heavy atom. The van der Waals surface area contributed by atoms with Crippen LogP contribution in [0.2, 0.25) is 0 Å². The maximum Gasteiger partial charge on any atom is 0.123 e. The molecule has 3 heteroatoms. The molecule has 1 aliphatic rings. The number of benzene rings is 1. The first-order valence-electron chi connectivity index (χ1n) is 4.06. The molecule has 0 radical (unpaired) electrons. The Labute approximate surface area is 75.6 Å². The van der Waals surface area contributed by atoms with Gasteiger partial charge < -0.3 is 15.3 Å². The van der Waals surface area contributed by atoms with Gasteiger partial charge in [-0.2, -0.15) is 0 Å². The van der Waals surface area contributed by atoms with Crippen LogP contribution in [0.15, 0.2) is 24.3 Å². The lowest BCUT2D eigenvalue weighted by Crippen LogP contribution is -2.19. The highest BCUT2D eigenvalue weighted by atomic mass is 16.3. The lowest BCUT2D eigenvalue weighted by Gasteiger charge is -2.21. The van der Waals surface area contributed by atoms with Crippen molar-refractivity contribution in [3.8, 4) is 5.75 Å². The fourth-order valence-electron chi connectivity index (χ4n) is 1.49. The van der Waals surface area contributed by atoms with Crippen molar-refractivity contribution in [1.82, 2.24) is 0 Å². The molecule has 2 rings (SSSR count). The van der Waals surface area contributed by atoms with Gasteiger partial charge in [0.2, 0.25) is 0 Å². The molecular formula is C10H10O3. The van der Waals surface area contributed by atoms with Gasteiger partial charge in [-0.15, -0.1) is 0 Å². The summed E-state index contributed by atoms with van der Waals surface area (Å²) >= 11 is 0. The lowest BCUT2D eigenvalue weighted by atomic mass is 9.92. The molecule has 2 atom stereocenters. The number of aromatic hydroxyl groups is 1. The summed E-state index contributed by atoms with van der Waals surface area (Å²) in [6.07, 6.45) is 1.26. The Morgan fingerprint density at radius 3 is 2.69 bits per heavy atom. The topological polar surface area (TPSA) is 60.7 Å². The van der Waals surface area contributed by atoms with Gasteiger partial charge >= 0.3 is 0 Å². The summed E-state index contributed by atoms with van der Waals surface area (Å²) in [5.74, 6) is 0.125. The van der Waals surface area contributed by atoms with Crippen LogP contribution in [0.1, 0.15) is 17.2 Å². The number of aliphatic hydroxyl groups is 2. The fraction of sp³-hybridized carbons (Fsp3) is 0.200. The maximum absolute atomic E-state index is 9.54. The molecule has 13 heavy (non-hydrogen) atoms. The van der Waals surface area contributed by atoms with Gasteiger partial charge in [0.15, 0.2) is 0 Å². The number of hydrogen-bond donors (Lipinski definition) is 3. The van der Waals surface area contributed by atoms with Gasteiger partial charge in [-0.05, 0) is 11.6 Å². The predicted octanol–water partition coefficient (Wildman–Crippen LogP) is 0.813. The van der Waals surface area contributed by atoms with Crippen molar-refractivity contribution in [2.75, 3.05) is 0 Å². The molecule has 0 aromatic heterocycles. The van der Waals surface area contributed by atoms with Crippen molar-refractivity contribution >= 4 is 6.08 Å². The molecule has 3 N–H and O–H groups in total. The second kappa shape index (κ2) is 2.87. The predicted molar refractivity (Wildman–Crippen MR) is 48.1 cm³/mol. The van der Waals surface area contributed by atoms with Crippen LogP contribution in [-0.4, -0.2) is 21.4 Å². The first-order chi connectivity index (χ1) is 6.20. The number of phenols is 1. The maximum atomic E-state index is 9.54. The van der Waals surface area contributed by atoms with E-state index in [-0.39, 0.29) is 5.75 Å². The van der Waals surface area contributed by atoms with E-state index in [9.17, 15) is 15.3 Å². The first kappa shape index (κ1) is 8.29. The standard InChI is InChI=1S/C10H10O3/c11-8-3-1-2-7-6(8)4-5-9(12)10(7)13/h1-5,9-13H/t9-,10-/m0/s1. The van der Waals surface area contributed by atoms with Crippen LogP contribution in [0.4, 0.5) is 0 Å². The van der Waals surface area contributed by atoms with E-state index in [1.807, 2.05) is 0 Å². The van der Waals surface area contributed by atoms with Gasteiger partial charge in [-0.3, -0.25) is 0 Å². The zero-order valence-electron chi connectivity index (χ0n) is 6.88. The summed E-state index contributed by atoms with van der Waals surface area (Å²) in [6.45, 7) is 0. The van der Waals surface area contributed by atoms with Crippen LogP contribution in [0.25, 0.3) is 6.08 Å². The zero-order valence-corrected chi connectivity index (χ0v) is 6.88. The van der Waals surface area contributed by atoms with Crippen LogP contribution < -0.4 is 0 Å². The Kier molecular flexibility index (Phi) is 1.83. The largest absolute Gasteiger partial charge is 0.507 e. The molecule has 0 bridgehead atoms. The van der Waals surface area contributed by atoms with Crippen LogP contribution >= 0.6 is 0 Å². The Balaban J connectivity index is 2.58. The summed E-state index contributed by atoms with van der Waals surface area (Å²) in [4.78, 5) is 0.